The molecule has 0 aliphatic rings. The maximum absolute atomic E-state index is 13.0. The smallest absolute Gasteiger partial charge is 0.250 e. The van der Waals surface area contributed by atoms with E-state index in [1.165, 1.54) is 24.0 Å². The number of hydrogen-bond acceptors (Lipinski definition) is 2. The predicted octanol–water partition coefficient (Wildman–Crippen LogP) is 7.49. The Morgan fingerprint density at radius 2 is 1.48 bits per heavy atom. The lowest BCUT2D eigenvalue weighted by molar-refractivity contribution is 0.510. The minimum atomic E-state index is -1.96. The first-order valence-electron chi connectivity index (χ1n) is 10.6. The van der Waals surface area contributed by atoms with E-state index in [0.717, 1.165) is 47.9 Å². The number of aryl methyl sites for hydroxylation is 2. The van der Waals surface area contributed by atoms with Gasteiger partial charge >= 0.3 is 8.03 Å². The van der Waals surface area contributed by atoms with Crippen LogP contribution in [0.5, 0.6) is 5.75 Å². The van der Waals surface area contributed by atoms with Crippen LogP contribution in [0.3, 0.4) is 0 Å². The van der Waals surface area contributed by atoms with Crippen molar-refractivity contribution in [3.05, 3.63) is 83.9 Å². The summed E-state index contributed by atoms with van der Waals surface area (Å²) in [6, 6.07) is 24.3. The lowest BCUT2D eigenvalue weighted by atomic mass is 10.0. The van der Waals surface area contributed by atoms with Gasteiger partial charge in [0.05, 0.1) is 0 Å². The fourth-order valence-electron chi connectivity index (χ4n) is 3.39. The van der Waals surface area contributed by atoms with Crippen molar-refractivity contribution in [1.29, 1.82) is 0 Å². The summed E-state index contributed by atoms with van der Waals surface area (Å²) in [5.41, 5.74) is 4.67. The predicted molar refractivity (Wildman–Crippen MR) is 123 cm³/mol. The minimum absolute atomic E-state index is 0.720. The van der Waals surface area contributed by atoms with Crippen LogP contribution < -0.4 is 9.83 Å². The van der Waals surface area contributed by atoms with Gasteiger partial charge < -0.3 is 0 Å². The van der Waals surface area contributed by atoms with Crippen molar-refractivity contribution in [2.45, 2.75) is 52.4 Å². The van der Waals surface area contributed by atoms with Gasteiger partial charge in [-0.1, -0.05) is 81.3 Å². The monoisotopic (exact) mass is 405 g/mol. The van der Waals surface area contributed by atoms with Crippen LogP contribution in [0.4, 0.5) is 0 Å². The van der Waals surface area contributed by atoms with E-state index >= 15 is 0 Å². The molecule has 3 rings (SSSR count). The molecule has 0 radical (unpaired) electrons. The van der Waals surface area contributed by atoms with Crippen LogP contribution in [0.1, 0.15) is 50.7 Å². The van der Waals surface area contributed by atoms with Gasteiger partial charge in [-0.25, -0.2) is 4.52 Å². The molecule has 0 heterocycles. The fourth-order valence-corrected chi connectivity index (χ4v) is 4.31. The van der Waals surface area contributed by atoms with E-state index in [2.05, 4.69) is 38.1 Å². The summed E-state index contributed by atoms with van der Waals surface area (Å²) >= 11 is 0. The van der Waals surface area contributed by atoms with Crippen LogP contribution in [-0.4, -0.2) is 0 Å². The molecule has 0 amide bonds. The molecule has 0 fully saturated rings. The van der Waals surface area contributed by atoms with Crippen molar-refractivity contribution in [3.8, 4) is 16.9 Å². The molecule has 0 saturated heterocycles. The lowest BCUT2D eigenvalue weighted by Gasteiger charge is -2.08. The third-order valence-electron chi connectivity index (χ3n) is 5.09. The number of benzene rings is 3. The molecule has 0 N–H and O–H groups in total. The van der Waals surface area contributed by atoms with Crippen molar-refractivity contribution in [3.63, 3.8) is 0 Å². The summed E-state index contributed by atoms with van der Waals surface area (Å²) in [5, 5.41) is 0.720. The van der Waals surface area contributed by atoms with Crippen LogP contribution in [-0.2, 0) is 17.4 Å². The van der Waals surface area contributed by atoms with Crippen LogP contribution in [0.25, 0.3) is 11.1 Å². The third-order valence-corrected chi connectivity index (χ3v) is 6.15. The third kappa shape index (κ3) is 6.02. The first-order chi connectivity index (χ1) is 14.2. The highest BCUT2D eigenvalue weighted by molar-refractivity contribution is 7.48. The summed E-state index contributed by atoms with van der Waals surface area (Å²) in [4.78, 5) is 0. The molecule has 0 aliphatic carbocycles. The summed E-state index contributed by atoms with van der Waals surface area (Å²) in [5.74, 6) is 0.755. The quantitative estimate of drug-likeness (QED) is 0.327. The van der Waals surface area contributed by atoms with E-state index in [9.17, 15) is 4.57 Å². The Hall–Kier alpha value is -2.44. The Labute approximate surface area is 175 Å². The average molecular weight is 405 g/mol. The molecule has 0 spiro atoms. The molecular weight excluding hydrogens is 375 g/mol. The highest BCUT2D eigenvalue weighted by Gasteiger charge is 2.25. The zero-order valence-corrected chi connectivity index (χ0v) is 18.3. The van der Waals surface area contributed by atoms with Crippen molar-refractivity contribution in [2.24, 2.45) is 0 Å². The Morgan fingerprint density at radius 1 is 0.759 bits per heavy atom. The molecule has 0 saturated carbocycles. The van der Waals surface area contributed by atoms with E-state index < -0.39 is 8.03 Å². The molecule has 0 aromatic heterocycles. The van der Waals surface area contributed by atoms with Gasteiger partial charge in [0.1, 0.15) is 0 Å². The topological polar surface area (TPSA) is 26.3 Å². The highest BCUT2D eigenvalue weighted by atomic mass is 31.1. The standard InChI is InChI=1S/C26H30O2P/c1-3-5-11-21-17-18-26(24(19-21)12-6-4-2)28-29(27)25-16-10-15-23(20-25)22-13-8-7-9-14-22/h7-10,13-20H,3-6,11-12H2,1-2H3/q+1. The molecule has 0 bridgehead atoms. The highest BCUT2D eigenvalue weighted by Crippen LogP contribution is 2.32. The maximum atomic E-state index is 13.0. The van der Waals surface area contributed by atoms with Gasteiger partial charge in [0.25, 0.3) is 0 Å². The first kappa shape index (κ1) is 21.3. The van der Waals surface area contributed by atoms with Gasteiger partial charge in [0.15, 0.2) is 5.75 Å². The molecule has 1 unspecified atom stereocenters. The molecule has 0 aliphatic heterocycles. The summed E-state index contributed by atoms with van der Waals surface area (Å²) < 4.78 is 19.0. The maximum Gasteiger partial charge on any atom is 0.597 e. The van der Waals surface area contributed by atoms with Crippen LogP contribution in [0.15, 0.2) is 72.8 Å². The molecule has 1 atom stereocenters. The van der Waals surface area contributed by atoms with Gasteiger partial charge in [0, 0.05) is 11.6 Å². The van der Waals surface area contributed by atoms with Gasteiger partial charge in [-0.15, -0.1) is 0 Å². The number of unbranched alkanes of at least 4 members (excludes halogenated alkanes) is 2. The lowest BCUT2D eigenvalue weighted by Crippen LogP contribution is -2.02. The minimum Gasteiger partial charge on any atom is -0.250 e. The second-order valence-electron chi connectivity index (χ2n) is 7.41. The summed E-state index contributed by atoms with van der Waals surface area (Å²) in [6.07, 6.45) is 6.65. The van der Waals surface area contributed by atoms with Crippen molar-refractivity contribution < 1.29 is 9.09 Å². The Kier molecular flexibility index (Phi) is 8.02. The Bertz CT molecular complexity index is 934. The van der Waals surface area contributed by atoms with Gasteiger partial charge in [-0.3, -0.25) is 0 Å². The molecule has 3 aromatic rings. The molecular formula is C26H30O2P+. The molecule has 150 valence electrons. The van der Waals surface area contributed by atoms with Gasteiger partial charge in [0.2, 0.25) is 5.30 Å². The SMILES string of the molecule is CCCCc1ccc(O[P+](=O)c2cccc(-c3ccccc3)c2)c(CCCC)c1. The molecule has 2 nitrogen and oxygen atoms in total. The van der Waals surface area contributed by atoms with E-state index in [0.29, 0.717) is 0 Å². The number of rotatable bonds is 10. The number of hydrogen-bond donors (Lipinski definition) is 0. The van der Waals surface area contributed by atoms with Crippen LogP contribution in [0, 0.1) is 0 Å². The van der Waals surface area contributed by atoms with Crippen molar-refractivity contribution in [2.75, 3.05) is 0 Å². The average Bonchev–Trinajstić information content (AvgIpc) is 2.78. The molecule has 3 heteroatoms. The van der Waals surface area contributed by atoms with Crippen molar-refractivity contribution in [1.82, 2.24) is 0 Å². The Balaban J connectivity index is 1.80. The van der Waals surface area contributed by atoms with Crippen LogP contribution >= 0.6 is 8.03 Å². The largest absolute Gasteiger partial charge is 0.597 e. The summed E-state index contributed by atoms with van der Waals surface area (Å²) in [7, 11) is -1.96. The normalized spacial score (nSPS) is 11.3. The zero-order valence-electron chi connectivity index (χ0n) is 17.4. The second kappa shape index (κ2) is 10.9. The summed E-state index contributed by atoms with van der Waals surface area (Å²) in [6.45, 7) is 4.40. The molecule has 29 heavy (non-hydrogen) atoms. The van der Waals surface area contributed by atoms with Crippen LogP contribution in [0.2, 0.25) is 0 Å². The second-order valence-corrected chi connectivity index (χ2v) is 8.63. The van der Waals surface area contributed by atoms with E-state index in [4.69, 9.17) is 4.52 Å². The zero-order chi connectivity index (χ0) is 20.5. The van der Waals surface area contributed by atoms with E-state index in [-0.39, 0.29) is 0 Å². The first-order valence-corrected chi connectivity index (χ1v) is 11.8. The van der Waals surface area contributed by atoms with Gasteiger partial charge in [-0.05, 0) is 59.1 Å². The van der Waals surface area contributed by atoms with Crippen molar-refractivity contribution >= 4 is 13.3 Å². The Morgan fingerprint density at radius 3 is 2.24 bits per heavy atom. The van der Waals surface area contributed by atoms with E-state index in [1.807, 2.05) is 48.5 Å². The fraction of sp³-hybridized carbons (Fsp3) is 0.308. The van der Waals surface area contributed by atoms with E-state index in [1.54, 1.807) is 0 Å². The van der Waals surface area contributed by atoms with Gasteiger partial charge in [-0.2, -0.15) is 0 Å². The molecule has 3 aromatic carbocycles.